The standard InChI is InChI=1S/C23H20O5/c1-26-22-14-8-7-13-20(22)21(24)16-28-23(25)19-12-6-5-9-17(19)15-27-18-10-3-2-4-11-18/h2-14H,15-16H2,1H3. The number of ketones is 1. The average molecular weight is 376 g/mol. The average Bonchev–Trinajstić information content (AvgIpc) is 2.76. The molecule has 3 rings (SSSR count). The van der Waals surface area contributed by atoms with Crippen LogP contribution in [0.3, 0.4) is 0 Å². The van der Waals surface area contributed by atoms with E-state index in [2.05, 4.69) is 0 Å². The molecule has 0 fully saturated rings. The van der Waals surface area contributed by atoms with Crippen LogP contribution in [0.2, 0.25) is 0 Å². The zero-order valence-electron chi connectivity index (χ0n) is 15.5. The number of rotatable bonds is 8. The van der Waals surface area contributed by atoms with Gasteiger partial charge in [-0.05, 0) is 30.3 Å². The lowest BCUT2D eigenvalue weighted by atomic mass is 10.1. The first-order valence-corrected chi connectivity index (χ1v) is 8.78. The fraction of sp³-hybridized carbons (Fsp3) is 0.130. The first-order valence-electron chi connectivity index (χ1n) is 8.78. The van der Waals surface area contributed by atoms with E-state index in [9.17, 15) is 9.59 Å². The van der Waals surface area contributed by atoms with E-state index in [1.165, 1.54) is 7.11 Å². The van der Waals surface area contributed by atoms with Crippen LogP contribution in [0.15, 0.2) is 78.9 Å². The fourth-order valence-corrected chi connectivity index (χ4v) is 2.68. The molecular formula is C23H20O5. The largest absolute Gasteiger partial charge is 0.496 e. The molecule has 0 unspecified atom stereocenters. The lowest BCUT2D eigenvalue weighted by molar-refractivity contribution is 0.0471. The zero-order chi connectivity index (χ0) is 19.8. The first kappa shape index (κ1) is 19.2. The summed E-state index contributed by atoms with van der Waals surface area (Å²) >= 11 is 0. The molecule has 0 radical (unpaired) electrons. The normalized spacial score (nSPS) is 10.2. The summed E-state index contributed by atoms with van der Waals surface area (Å²) in [6.07, 6.45) is 0. The number of ether oxygens (including phenoxy) is 3. The molecule has 28 heavy (non-hydrogen) atoms. The van der Waals surface area contributed by atoms with E-state index >= 15 is 0 Å². The highest BCUT2D eigenvalue weighted by Crippen LogP contribution is 2.19. The Labute approximate surface area is 163 Å². The van der Waals surface area contributed by atoms with Crippen molar-refractivity contribution < 1.29 is 23.8 Å². The van der Waals surface area contributed by atoms with Gasteiger partial charge in [0.1, 0.15) is 18.1 Å². The number of hydrogen-bond donors (Lipinski definition) is 0. The van der Waals surface area contributed by atoms with Crippen molar-refractivity contribution in [2.45, 2.75) is 6.61 Å². The lowest BCUT2D eigenvalue weighted by Gasteiger charge is -2.11. The molecule has 0 saturated carbocycles. The molecule has 0 spiro atoms. The molecular weight excluding hydrogens is 356 g/mol. The van der Waals surface area contributed by atoms with Crippen LogP contribution >= 0.6 is 0 Å². The van der Waals surface area contributed by atoms with Gasteiger partial charge in [-0.2, -0.15) is 0 Å². The van der Waals surface area contributed by atoms with Gasteiger partial charge in [0.05, 0.1) is 18.2 Å². The van der Waals surface area contributed by atoms with E-state index < -0.39 is 5.97 Å². The Hall–Kier alpha value is -3.60. The van der Waals surface area contributed by atoms with Gasteiger partial charge in [0.2, 0.25) is 5.78 Å². The maximum Gasteiger partial charge on any atom is 0.338 e. The van der Waals surface area contributed by atoms with Gasteiger partial charge in [-0.3, -0.25) is 4.79 Å². The van der Waals surface area contributed by atoms with E-state index in [0.29, 0.717) is 28.2 Å². The highest BCUT2D eigenvalue weighted by molar-refractivity contribution is 6.01. The molecule has 0 aromatic heterocycles. The van der Waals surface area contributed by atoms with Crippen molar-refractivity contribution in [3.63, 3.8) is 0 Å². The summed E-state index contributed by atoms with van der Waals surface area (Å²) in [5.41, 5.74) is 1.42. The number of Topliss-reactive ketones (excluding diaryl/α,β-unsaturated/α-hetero) is 1. The number of hydrogen-bond acceptors (Lipinski definition) is 5. The number of para-hydroxylation sites is 2. The Morgan fingerprint density at radius 1 is 0.786 bits per heavy atom. The van der Waals surface area contributed by atoms with Gasteiger partial charge in [0.15, 0.2) is 6.61 Å². The third kappa shape index (κ3) is 4.76. The molecule has 5 heteroatoms. The van der Waals surface area contributed by atoms with E-state index in [-0.39, 0.29) is 19.0 Å². The van der Waals surface area contributed by atoms with Crippen LogP contribution in [0.25, 0.3) is 0 Å². The second-order valence-electron chi connectivity index (χ2n) is 5.96. The van der Waals surface area contributed by atoms with E-state index in [1.807, 2.05) is 36.4 Å². The summed E-state index contributed by atoms with van der Waals surface area (Å²) in [4.78, 5) is 24.9. The minimum Gasteiger partial charge on any atom is -0.496 e. The summed E-state index contributed by atoms with van der Waals surface area (Å²) in [5.74, 6) is 0.247. The summed E-state index contributed by atoms with van der Waals surface area (Å²) < 4.78 is 16.1. The smallest absolute Gasteiger partial charge is 0.338 e. The molecule has 3 aromatic carbocycles. The second-order valence-corrected chi connectivity index (χ2v) is 5.96. The quantitative estimate of drug-likeness (QED) is 0.433. The molecule has 0 heterocycles. The van der Waals surface area contributed by atoms with Crippen molar-refractivity contribution in [2.75, 3.05) is 13.7 Å². The highest BCUT2D eigenvalue weighted by Gasteiger charge is 2.17. The molecule has 0 aliphatic carbocycles. The van der Waals surface area contributed by atoms with Crippen LogP contribution in [0.4, 0.5) is 0 Å². The topological polar surface area (TPSA) is 61.8 Å². The van der Waals surface area contributed by atoms with Crippen LogP contribution in [0.5, 0.6) is 11.5 Å². The minimum atomic E-state index is -0.574. The molecule has 0 aliphatic rings. The van der Waals surface area contributed by atoms with Crippen molar-refractivity contribution in [3.05, 3.63) is 95.6 Å². The number of benzene rings is 3. The molecule has 0 amide bonds. The summed E-state index contributed by atoms with van der Waals surface area (Å²) in [7, 11) is 1.49. The zero-order valence-corrected chi connectivity index (χ0v) is 15.5. The molecule has 0 saturated heterocycles. The molecule has 3 aromatic rings. The van der Waals surface area contributed by atoms with Gasteiger partial charge in [-0.1, -0.05) is 48.5 Å². The van der Waals surface area contributed by atoms with Gasteiger partial charge < -0.3 is 14.2 Å². The van der Waals surface area contributed by atoms with E-state index in [4.69, 9.17) is 14.2 Å². The van der Waals surface area contributed by atoms with Crippen molar-refractivity contribution in [1.82, 2.24) is 0 Å². The van der Waals surface area contributed by atoms with Gasteiger partial charge in [0, 0.05) is 5.56 Å². The maximum absolute atomic E-state index is 12.5. The maximum atomic E-state index is 12.5. The third-order valence-corrected chi connectivity index (χ3v) is 4.12. The Morgan fingerprint density at radius 2 is 1.43 bits per heavy atom. The molecule has 0 atom stereocenters. The summed E-state index contributed by atoms with van der Waals surface area (Å²) in [6.45, 7) is -0.150. The van der Waals surface area contributed by atoms with Gasteiger partial charge in [-0.15, -0.1) is 0 Å². The van der Waals surface area contributed by atoms with E-state index in [1.54, 1.807) is 42.5 Å². The summed E-state index contributed by atoms with van der Waals surface area (Å²) in [5, 5.41) is 0. The number of carbonyl (C=O) groups excluding carboxylic acids is 2. The summed E-state index contributed by atoms with van der Waals surface area (Å²) in [6, 6.07) is 23.2. The number of carbonyl (C=O) groups is 2. The predicted octanol–water partition coefficient (Wildman–Crippen LogP) is 4.31. The van der Waals surface area contributed by atoms with Crippen molar-refractivity contribution >= 4 is 11.8 Å². The van der Waals surface area contributed by atoms with Crippen LogP contribution < -0.4 is 9.47 Å². The Kier molecular flexibility index (Phi) is 6.41. The molecule has 0 N–H and O–H groups in total. The predicted molar refractivity (Wildman–Crippen MR) is 105 cm³/mol. The fourth-order valence-electron chi connectivity index (χ4n) is 2.68. The van der Waals surface area contributed by atoms with Crippen LogP contribution in [-0.2, 0) is 11.3 Å². The Morgan fingerprint density at radius 3 is 2.18 bits per heavy atom. The van der Waals surface area contributed by atoms with Gasteiger partial charge >= 0.3 is 5.97 Å². The number of methoxy groups -OCH3 is 1. The van der Waals surface area contributed by atoms with Crippen LogP contribution in [0, 0.1) is 0 Å². The Bertz CT molecular complexity index is 950. The number of esters is 1. The van der Waals surface area contributed by atoms with Crippen LogP contribution in [0.1, 0.15) is 26.3 Å². The molecule has 5 nitrogen and oxygen atoms in total. The van der Waals surface area contributed by atoms with Crippen molar-refractivity contribution in [1.29, 1.82) is 0 Å². The monoisotopic (exact) mass is 376 g/mol. The third-order valence-electron chi connectivity index (χ3n) is 4.12. The highest BCUT2D eigenvalue weighted by atomic mass is 16.5. The molecule has 142 valence electrons. The van der Waals surface area contributed by atoms with Crippen LogP contribution in [-0.4, -0.2) is 25.5 Å². The Balaban J connectivity index is 1.65. The molecule has 0 aliphatic heterocycles. The van der Waals surface area contributed by atoms with Crippen molar-refractivity contribution in [3.8, 4) is 11.5 Å². The lowest BCUT2D eigenvalue weighted by Crippen LogP contribution is -2.16. The minimum absolute atomic E-state index is 0.218. The van der Waals surface area contributed by atoms with Gasteiger partial charge in [0.25, 0.3) is 0 Å². The van der Waals surface area contributed by atoms with E-state index in [0.717, 1.165) is 0 Å². The SMILES string of the molecule is COc1ccccc1C(=O)COC(=O)c1ccccc1COc1ccccc1. The first-order chi connectivity index (χ1) is 13.7. The van der Waals surface area contributed by atoms with Gasteiger partial charge in [-0.25, -0.2) is 4.79 Å². The second kappa shape index (κ2) is 9.37. The molecule has 0 bridgehead atoms. The van der Waals surface area contributed by atoms with Crippen molar-refractivity contribution in [2.24, 2.45) is 0 Å².